The maximum absolute atomic E-state index is 13.1. The summed E-state index contributed by atoms with van der Waals surface area (Å²) in [7, 11) is -9.90. The molecule has 0 bridgehead atoms. The molecule has 0 heterocycles. The topological polar surface area (TPSA) is 237 Å². The molecule has 0 aliphatic rings. The number of hydrogen-bond donors (Lipinski definition) is 3. The van der Waals surface area contributed by atoms with E-state index in [1.54, 1.807) is 0 Å². The maximum atomic E-state index is 13.1. The van der Waals surface area contributed by atoms with Crippen LogP contribution in [-0.4, -0.2) is 96.7 Å². The number of unbranched alkanes of at least 4 members (excludes halogenated alkanes) is 45. The van der Waals surface area contributed by atoms with E-state index < -0.39 is 97.5 Å². The van der Waals surface area contributed by atoms with Gasteiger partial charge in [0.05, 0.1) is 26.4 Å². The summed E-state index contributed by atoms with van der Waals surface area (Å²) in [5.41, 5.74) is 0. The Hall–Kier alpha value is -1.94. The predicted molar refractivity (Wildman–Crippen MR) is 377 cm³/mol. The van der Waals surface area contributed by atoms with Gasteiger partial charge in [-0.1, -0.05) is 336 Å². The molecule has 0 rings (SSSR count). The number of aliphatic hydroxyl groups is 1. The van der Waals surface area contributed by atoms with Gasteiger partial charge < -0.3 is 33.8 Å². The number of ether oxygens (including phenoxy) is 4. The van der Waals surface area contributed by atoms with E-state index in [4.69, 9.17) is 37.0 Å². The molecule has 3 N–H and O–H groups in total. The third kappa shape index (κ3) is 67.0. The van der Waals surface area contributed by atoms with Crippen molar-refractivity contribution < 1.29 is 80.2 Å². The summed E-state index contributed by atoms with van der Waals surface area (Å²) in [4.78, 5) is 72.5. The summed E-state index contributed by atoms with van der Waals surface area (Å²) in [6, 6.07) is 0. The van der Waals surface area contributed by atoms with E-state index in [0.29, 0.717) is 25.7 Å². The monoisotopic (exact) mass is 1370 g/mol. The lowest BCUT2D eigenvalue weighted by Gasteiger charge is -2.21. The Morgan fingerprint density at radius 2 is 0.516 bits per heavy atom. The SMILES string of the molecule is CCCCCCCCCCCCCCCCCCCC(=O)OC[C@H](COP(=O)(O)OC[C@@H](O)COP(=O)(O)OC[C@@H](COC(=O)CCCCCCC)OC(=O)CCCCCCCCCCCCC(C)CC)OC(=O)CCCCCCCCCCCCCCCCCCC. The Balaban J connectivity index is 5.15. The van der Waals surface area contributed by atoms with E-state index >= 15 is 0 Å². The van der Waals surface area contributed by atoms with Crippen LogP contribution in [0.25, 0.3) is 0 Å². The fourth-order valence-electron chi connectivity index (χ4n) is 11.3. The molecule has 0 aliphatic heterocycles. The van der Waals surface area contributed by atoms with Gasteiger partial charge in [-0.25, -0.2) is 9.13 Å². The number of carbonyl (C=O) groups excluding carboxylic acids is 4. The van der Waals surface area contributed by atoms with E-state index in [1.165, 1.54) is 205 Å². The zero-order valence-electron chi connectivity index (χ0n) is 60.4. The molecular weight excluding hydrogens is 1220 g/mol. The minimum Gasteiger partial charge on any atom is -0.462 e. The van der Waals surface area contributed by atoms with Gasteiger partial charge in [0.25, 0.3) is 0 Å². The number of esters is 4. The van der Waals surface area contributed by atoms with Crippen LogP contribution < -0.4 is 0 Å². The van der Waals surface area contributed by atoms with Crippen molar-refractivity contribution in [2.45, 2.75) is 406 Å². The highest BCUT2D eigenvalue weighted by molar-refractivity contribution is 7.47. The van der Waals surface area contributed by atoms with Crippen LogP contribution in [-0.2, 0) is 65.4 Å². The van der Waals surface area contributed by atoms with Gasteiger partial charge in [0, 0.05) is 25.7 Å². The number of phosphoric acid groups is 2. The molecule has 0 spiro atoms. The smallest absolute Gasteiger partial charge is 0.462 e. The van der Waals surface area contributed by atoms with Crippen LogP contribution in [0, 0.1) is 5.92 Å². The van der Waals surface area contributed by atoms with E-state index in [-0.39, 0.29) is 25.7 Å². The van der Waals surface area contributed by atoms with E-state index in [9.17, 15) is 43.2 Å². The Morgan fingerprint density at radius 3 is 0.763 bits per heavy atom. The molecule has 0 fully saturated rings. The van der Waals surface area contributed by atoms with Crippen molar-refractivity contribution in [1.29, 1.82) is 0 Å². The zero-order valence-corrected chi connectivity index (χ0v) is 62.2. The predicted octanol–water partition coefficient (Wildman–Crippen LogP) is 21.7. The number of aliphatic hydroxyl groups excluding tert-OH is 1. The molecule has 0 aromatic heterocycles. The summed E-state index contributed by atoms with van der Waals surface area (Å²) < 4.78 is 68.3. The molecule has 0 saturated carbocycles. The van der Waals surface area contributed by atoms with Crippen molar-refractivity contribution in [3.63, 3.8) is 0 Å². The Labute approximate surface area is 568 Å². The fourth-order valence-corrected chi connectivity index (χ4v) is 12.9. The molecule has 0 amide bonds. The Bertz CT molecular complexity index is 1790. The highest BCUT2D eigenvalue weighted by atomic mass is 31.2. The number of rotatable bonds is 74. The number of carbonyl (C=O) groups is 4. The van der Waals surface area contributed by atoms with E-state index in [0.717, 1.165) is 102 Å². The summed E-state index contributed by atoms with van der Waals surface area (Å²) in [6.45, 7) is 7.22. The molecule has 0 aromatic carbocycles. The normalized spacial score (nSPS) is 14.3. The van der Waals surface area contributed by atoms with Crippen LogP contribution in [0.5, 0.6) is 0 Å². The molecule has 0 saturated heterocycles. The van der Waals surface area contributed by atoms with Crippen molar-refractivity contribution >= 4 is 39.5 Å². The third-order valence-electron chi connectivity index (χ3n) is 17.6. The molecule has 3 unspecified atom stereocenters. The molecule has 0 radical (unpaired) electrons. The van der Waals surface area contributed by atoms with Crippen LogP contribution in [0.2, 0.25) is 0 Å². The van der Waals surface area contributed by atoms with Gasteiger partial charge in [0.15, 0.2) is 12.2 Å². The molecule has 0 aromatic rings. The lowest BCUT2D eigenvalue weighted by molar-refractivity contribution is -0.161. The first kappa shape index (κ1) is 91.1. The maximum Gasteiger partial charge on any atom is 0.472 e. The van der Waals surface area contributed by atoms with Gasteiger partial charge in [-0.2, -0.15) is 0 Å². The highest BCUT2D eigenvalue weighted by Gasteiger charge is 2.30. The molecule has 19 heteroatoms. The van der Waals surface area contributed by atoms with Crippen LogP contribution in [0.3, 0.4) is 0 Å². The Morgan fingerprint density at radius 1 is 0.301 bits per heavy atom. The number of phosphoric ester groups is 2. The van der Waals surface area contributed by atoms with Gasteiger partial charge >= 0.3 is 39.5 Å². The van der Waals surface area contributed by atoms with Gasteiger partial charge in [0.1, 0.15) is 19.3 Å². The summed E-state index contributed by atoms with van der Waals surface area (Å²) in [5.74, 6) is -1.32. The van der Waals surface area contributed by atoms with Crippen molar-refractivity contribution in [2.24, 2.45) is 5.92 Å². The second-order valence-corrected chi connectivity index (χ2v) is 29.8. The first-order valence-electron chi connectivity index (χ1n) is 38.7. The summed E-state index contributed by atoms with van der Waals surface area (Å²) >= 11 is 0. The molecule has 0 aliphatic carbocycles. The van der Waals surface area contributed by atoms with Crippen LogP contribution in [0.1, 0.15) is 388 Å². The first-order valence-corrected chi connectivity index (χ1v) is 41.7. The fraction of sp³-hybridized carbons (Fsp3) is 0.946. The highest BCUT2D eigenvalue weighted by Crippen LogP contribution is 2.45. The van der Waals surface area contributed by atoms with Crippen LogP contribution in [0.15, 0.2) is 0 Å². The molecular formula is C74H144O17P2. The molecule has 17 nitrogen and oxygen atoms in total. The molecule has 93 heavy (non-hydrogen) atoms. The molecule has 552 valence electrons. The van der Waals surface area contributed by atoms with Crippen molar-refractivity contribution in [2.75, 3.05) is 39.6 Å². The van der Waals surface area contributed by atoms with Crippen molar-refractivity contribution in [3.8, 4) is 0 Å². The van der Waals surface area contributed by atoms with Crippen molar-refractivity contribution in [1.82, 2.24) is 0 Å². The average Bonchev–Trinajstić information content (AvgIpc) is 2.63. The summed E-state index contributed by atoms with van der Waals surface area (Å²) in [6.07, 6.45) is 55.8. The van der Waals surface area contributed by atoms with Gasteiger partial charge in [-0.3, -0.25) is 37.3 Å². The largest absolute Gasteiger partial charge is 0.472 e. The minimum atomic E-state index is -4.95. The quantitative estimate of drug-likeness (QED) is 0.0222. The summed E-state index contributed by atoms with van der Waals surface area (Å²) in [5, 5.41) is 10.6. The average molecular weight is 1370 g/mol. The zero-order chi connectivity index (χ0) is 68.4. The van der Waals surface area contributed by atoms with E-state index in [2.05, 4.69) is 34.6 Å². The van der Waals surface area contributed by atoms with Crippen LogP contribution >= 0.6 is 15.6 Å². The Kier molecular flexibility index (Phi) is 65.9. The third-order valence-corrected chi connectivity index (χ3v) is 19.5. The van der Waals surface area contributed by atoms with E-state index in [1.807, 2.05) is 0 Å². The van der Waals surface area contributed by atoms with Gasteiger partial charge in [0.2, 0.25) is 0 Å². The number of hydrogen-bond acceptors (Lipinski definition) is 15. The second-order valence-electron chi connectivity index (χ2n) is 26.9. The first-order chi connectivity index (χ1) is 45.1. The van der Waals surface area contributed by atoms with Gasteiger partial charge in [-0.05, 0) is 31.6 Å². The minimum absolute atomic E-state index is 0.106. The van der Waals surface area contributed by atoms with Crippen molar-refractivity contribution in [3.05, 3.63) is 0 Å². The van der Waals surface area contributed by atoms with Crippen LogP contribution in [0.4, 0.5) is 0 Å². The molecule has 6 atom stereocenters. The lowest BCUT2D eigenvalue weighted by Crippen LogP contribution is -2.30. The lowest BCUT2D eigenvalue weighted by atomic mass is 9.99. The second kappa shape index (κ2) is 67.3. The standard InChI is InChI=1S/C74H144O17P2/c1-6-10-13-16-18-20-22-24-26-28-30-32-34-39-43-48-53-58-72(77)85-64-70(91-74(79)59-54-49-44-40-35-33-31-29-27-25-23-21-19-17-14-11-7-2)66-89-93(82,83)87-62-68(75)61-86-92(80,81)88-65-69(63-84-71(76)57-52-46-15-12-8-3)90-73(78)60-55-50-45-41-37-36-38-42-47-51-56-67(5)9-4/h67-70,75H,6-66H2,1-5H3,(H,80,81)(H,82,83)/t67?,68-,69+,70+/m0/s1. The van der Waals surface area contributed by atoms with Gasteiger partial charge in [-0.15, -0.1) is 0 Å².